The number of hydrogen-bond acceptors (Lipinski definition) is 3. The third-order valence-electron chi connectivity index (χ3n) is 5.67. The van der Waals surface area contributed by atoms with Crippen LogP contribution >= 0.6 is 0 Å². The van der Waals surface area contributed by atoms with Crippen LogP contribution in [0.2, 0.25) is 0 Å². The zero-order valence-corrected chi connectivity index (χ0v) is 17.5. The van der Waals surface area contributed by atoms with E-state index in [0.29, 0.717) is 12.1 Å². The van der Waals surface area contributed by atoms with Crippen LogP contribution in [0.3, 0.4) is 0 Å². The van der Waals surface area contributed by atoms with Crippen LogP contribution in [0.1, 0.15) is 25.3 Å². The highest BCUT2D eigenvalue weighted by atomic mass is 16.1. The maximum absolute atomic E-state index is 13.5. The van der Waals surface area contributed by atoms with Gasteiger partial charge in [-0.3, -0.25) is 0 Å². The van der Waals surface area contributed by atoms with Gasteiger partial charge in [-0.25, -0.2) is 19.3 Å². The number of pyridine rings is 1. The third-order valence-corrected chi connectivity index (χ3v) is 5.67. The van der Waals surface area contributed by atoms with Gasteiger partial charge in [-0.05, 0) is 18.6 Å². The van der Waals surface area contributed by atoms with Crippen LogP contribution in [0.5, 0.6) is 0 Å². The molecule has 5 aromatic rings. The van der Waals surface area contributed by atoms with Crippen molar-refractivity contribution in [3.05, 3.63) is 95.7 Å². The second-order valence-corrected chi connectivity index (χ2v) is 7.76. The van der Waals surface area contributed by atoms with E-state index in [0.717, 1.165) is 47.1 Å². The molecule has 0 saturated heterocycles. The molecule has 0 saturated carbocycles. The summed E-state index contributed by atoms with van der Waals surface area (Å²) in [6, 6.07) is 14.1. The largest absolute Gasteiger partial charge is 0.350 e. The highest BCUT2D eigenvalue weighted by Crippen LogP contribution is 2.29. The molecule has 0 unspecified atom stereocenters. The van der Waals surface area contributed by atoms with Crippen LogP contribution in [0, 0.1) is 0 Å². The lowest BCUT2D eigenvalue weighted by Crippen LogP contribution is -2.40. The predicted molar refractivity (Wildman–Crippen MR) is 121 cm³/mol. The molecule has 4 aromatic heterocycles. The number of nitrogens with zero attached hydrogens (tertiary/aromatic N) is 5. The lowest BCUT2D eigenvalue weighted by atomic mass is 10.1. The van der Waals surface area contributed by atoms with Gasteiger partial charge in [0.25, 0.3) is 5.65 Å². The lowest BCUT2D eigenvalue weighted by Gasteiger charge is -2.06. The number of fused-ring (bicyclic) bond motifs is 2. The van der Waals surface area contributed by atoms with E-state index in [-0.39, 0.29) is 5.56 Å². The van der Waals surface area contributed by atoms with Crippen molar-refractivity contribution < 1.29 is 4.57 Å². The van der Waals surface area contributed by atoms with Gasteiger partial charge in [0.2, 0.25) is 0 Å². The lowest BCUT2D eigenvalue weighted by molar-refractivity contribution is -0.665. The molecular formula is C25H24N5O+. The SMILES string of the molecule is CCCCn1cc(-c2c[n+](Cc3cncnc3)c3ccccn3c2=O)c2ccccc21. The smallest absolute Gasteiger partial charge is 0.347 e. The number of rotatable bonds is 6. The molecule has 5 rings (SSSR count). The first-order chi connectivity index (χ1) is 15.3. The highest BCUT2D eigenvalue weighted by Gasteiger charge is 2.21. The van der Waals surface area contributed by atoms with Crippen LogP contribution in [0.15, 0.2) is 84.6 Å². The van der Waals surface area contributed by atoms with Crippen LogP contribution < -0.4 is 10.1 Å². The minimum atomic E-state index is -0.0189. The van der Waals surface area contributed by atoms with Crippen LogP contribution in [-0.4, -0.2) is 18.9 Å². The Balaban J connectivity index is 1.74. The summed E-state index contributed by atoms with van der Waals surface area (Å²) >= 11 is 0. The molecule has 4 heterocycles. The quantitative estimate of drug-likeness (QED) is 0.400. The maximum atomic E-state index is 13.5. The molecule has 1 aromatic carbocycles. The fraction of sp³-hybridized carbons (Fsp3) is 0.200. The second-order valence-electron chi connectivity index (χ2n) is 7.76. The number of hydrogen-bond donors (Lipinski definition) is 0. The van der Waals surface area contributed by atoms with Gasteiger partial charge in [0.05, 0.1) is 6.20 Å². The summed E-state index contributed by atoms with van der Waals surface area (Å²) in [5.74, 6) is 0. The number of unbranched alkanes of at least 4 members (excludes halogenated alkanes) is 1. The van der Waals surface area contributed by atoms with Crippen LogP contribution in [0.4, 0.5) is 0 Å². The molecule has 0 aliphatic rings. The van der Waals surface area contributed by atoms with Crippen molar-refractivity contribution in [2.75, 3.05) is 0 Å². The molecule has 0 N–H and O–H groups in total. The van der Waals surface area contributed by atoms with E-state index >= 15 is 0 Å². The van der Waals surface area contributed by atoms with Crippen molar-refractivity contribution >= 4 is 16.6 Å². The Kier molecular flexibility index (Phi) is 5.04. The van der Waals surface area contributed by atoms with E-state index in [4.69, 9.17) is 0 Å². The molecule has 6 nitrogen and oxygen atoms in total. The van der Waals surface area contributed by atoms with Crippen molar-refractivity contribution in [2.24, 2.45) is 0 Å². The Morgan fingerprint density at radius 3 is 2.65 bits per heavy atom. The second kappa shape index (κ2) is 8.14. The molecular weight excluding hydrogens is 386 g/mol. The Bertz CT molecular complexity index is 1420. The molecule has 31 heavy (non-hydrogen) atoms. The first-order valence-corrected chi connectivity index (χ1v) is 10.6. The van der Waals surface area contributed by atoms with E-state index in [1.807, 2.05) is 36.7 Å². The summed E-state index contributed by atoms with van der Waals surface area (Å²) < 4.78 is 6.08. The van der Waals surface area contributed by atoms with E-state index in [9.17, 15) is 4.79 Å². The molecule has 0 bridgehead atoms. The summed E-state index contributed by atoms with van der Waals surface area (Å²) in [7, 11) is 0. The summed E-state index contributed by atoms with van der Waals surface area (Å²) in [4.78, 5) is 21.8. The van der Waals surface area contributed by atoms with Gasteiger partial charge >= 0.3 is 5.56 Å². The molecule has 0 atom stereocenters. The normalized spacial score (nSPS) is 11.4. The average molecular weight is 411 g/mol. The van der Waals surface area contributed by atoms with Crippen LogP contribution in [-0.2, 0) is 13.1 Å². The van der Waals surface area contributed by atoms with E-state index in [1.54, 1.807) is 16.8 Å². The van der Waals surface area contributed by atoms with Gasteiger partial charge in [0.1, 0.15) is 24.6 Å². The zero-order chi connectivity index (χ0) is 21.2. The van der Waals surface area contributed by atoms with Gasteiger partial charge in [-0.15, -0.1) is 0 Å². The number of para-hydroxylation sites is 1. The Hall–Kier alpha value is -3.80. The number of aromatic nitrogens is 5. The molecule has 0 amide bonds. The highest BCUT2D eigenvalue weighted by molar-refractivity contribution is 5.95. The van der Waals surface area contributed by atoms with Crippen molar-refractivity contribution in [3.8, 4) is 11.1 Å². The molecule has 0 aliphatic heterocycles. The van der Waals surface area contributed by atoms with Gasteiger partial charge < -0.3 is 4.57 Å². The van der Waals surface area contributed by atoms with Crippen molar-refractivity contribution in [2.45, 2.75) is 32.9 Å². The summed E-state index contributed by atoms with van der Waals surface area (Å²) in [5.41, 5.74) is 4.60. The first-order valence-electron chi connectivity index (χ1n) is 10.6. The third kappa shape index (κ3) is 3.50. The Morgan fingerprint density at radius 1 is 1.00 bits per heavy atom. The molecule has 6 heteroatoms. The molecule has 154 valence electrons. The molecule has 0 aliphatic carbocycles. The summed E-state index contributed by atoms with van der Waals surface area (Å²) in [5, 5.41) is 1.10. The van der Waals surface area contributed by atoms with Gasteiger partial charge in [-0.1, -0.05) is 37.6 Å². The number of aryl methyl sites for hydroxylation is 1. The van der Waals surface area contributed by atoms with Gasteiger partial charge in [-0.2, -0.15) is 4.40 Å². The van der Waals surface area contributed by atoms with E-state index in [1.165, 1.54) is 6.33 Å². The fourth-order valence-electron chi connectivity index (χ4n) is 4.14. The van der Waals surface area contributed by atoms with E-state index in [2.05, 4.69) is 50.4 Å². The minimum absolute atomic E-state index is 0.0189. The van der Waals surface area contributed by atoms with Crippen molar-refractivity contribution in [3.63, 3.8) is 0 Å². The molecule has 0 fully saturated rings. The van der Waals surface area contributed by atoms with Gasteiger partial charge in [0, 0.05) is 53.2 Å². The molecule has 0 spiro atoms. The van der Waals surface area contributed by atoms with Gasteiger partial charge in [0.15, 0.2) is 0 Å². The maximum Gasteiger partial charge on any atom is 0.350 e. The average Bonchev–Trinajstić information content (AvgIpc) is 3.19. The Labute approximate surface area is 180 Å². The first kappa shape index (κ1) is 19.2. The van der Waals surface area contributed by atoms with Crippen molar-refractivity contribution in [1.82, 2.24) is 18.9 Å². The fourth-order valence-corrected chi connectivity index (χ4v) is 4.14. The summed E-state index contributed by atoms with van der Waals surface area (Å²) in [6.07, 6.45) is 13.3. The van der Waals surface area contributed by atoms with E-state index < -0.39 is 0 Å². The van der Waals surface area contributed by atoms with Crippen molar-refractivity contribution in [1.29, 1.82) is 0 Å². The monoisotopic (exact) mass is 410 g/mol. The summed E-state index contributed by atoms with van der Waals surface area (Å²) in [6.45, 7) is 3.71. The molecule has 0 radical (unpaired) electrons. The zero-order valence-electron chi connectivity index (χ0n) is 17.5. The van der Waals surface area contributed by atoms with Crippen LogP contribution in [0.25, 0.3) is 27.7 Å². The minimum Gasteiger partial charge on any atom is -0.347 e. The predicted octanol–water partition coefficient (Wildman–Crippen LogP) is 3.85. The number of benzene rings is 1. The topological polar surface area (TPSA) is 56.1 Å². The standard InChI is InChI=1S/C25H24N5O/c1-2-3-11-28-16-21(20-8-4-5-9-23(20)28)22-17-29(15-19-13-26-18-27-14-19)24-10-6-7-12-30(24)25(22)31/h4-10,12-14,16-18H,2-3,11,15H2,1H3/q+1. The Morgan fingerprint density at radius 2 is 1.81 bits per heavy atom.